The van der Waals surface area contributed by atoms with Crippen LogP contribution < -0.4 is 4.90 Å². The fourth-order valence-electron chi connectivity index (χ4n) is 10.5. The largest absolute Gasteiger partial charge is 0.309 e. The van der Waals surface area contributed by atoms with E-state index in [0.29, 0.717) is 0 Å². The zero-order chi connectivity index (χ0) is 43.6. The molecule has 0 aliphatic heterocycles. The van der Waals surface area contributed by atoms with Gasteiger partial charge in [-0.3, -0.25) is 0 Å². The molecule has 0 radical (unpaired) electrons. The molecule has 0 spiro atoms. The van der Waals surface area contributed by atoms with Gasteiger partial charge in [0.05, 0.1) is 28.1 Å². The van der Waals surface area contributed by atoms with Crippen molar-refractivity contribution in [1.29, 1.82) is 0 Å². The minimum atomic E-state index is 1.09. The van der Waals surface area contributed by atoms with E-state index >= 15 is 0 Å². The molecule has 0 aliphatic carbocycles. The maximum Gasteiger partial charge on any atom is 0.0541 e. The summed E-state index contributed by atoms with van der Waals surface area (Å²) in [6.45, 7) is 0. The molecule has 0 saturated carbocycles. The molecule has 0 N–H and O–H groups in total. The highest BCUT2D eigenvalue weighted by Crippen LogP contribution is 2.49. The Balaban J connectivity index is 1.03. The quantitative estimate of drug-likeness (QED) is 0.138. The lowest BCUT2D eigenvalue weighted by Gasteiger charge is -2.30. The summed E-state index contributed by atoms with van der Waals surface area (Å²) < 4.78 is 2.46. The number of benzene rings is 12. The lowest BCUT2D eigenvalue weighted by molar-refractivity contribution is 1.20. The average molecular weight is 839 g/mol. The standard InChI is InChI=1S/C64H42N2/c1-3-15-43(16-4-1)44-27-29-45(30-28-44)46-31-37-50(38-32-46)65(58-24-12-9-21-53(58)52-20-8-7-19-51(52)47-17-5-2-6-18-47)61-41-35-48-34-40-57-62(42-36-49-33-39-56(61)63(48)64(49)57)66-59-25-13-10-22-54(59)55-23-11-14-26-60(55)66/h1-42H. The van der Waals surface area contributed by atoms with Crippen LogP contribution in [0.3, 0.4) is 0 Å². The second kappa shape index (κ2) is 15.5. The molecular weight excluding hydrogens is 797 g/mol. The van der Waals surface area contributed by atoms with E-state index < -0.39 is 0 Å². The lowest BCUT2D eigenvalue weighted by atomic mass is 9.91. The number of nitrogens with zero attached hydrogens (tertiary/aromatic N) is 2. The van der Waals surface area contributed by atoms with E-state index in [2.05, 4.69) is 264 Å². The van der Waals surface area contributed by atoms with Crippen LogP contribution in [0.1, 0.15) is 0 Å². The summed E-state index contributed by atoms with van der Waals surface area (Å²) in [5.41, 5.74) is 16.5. The number of anilines is 3. The third-order valence-electron chi connectivity index (χ3n) is 13.6. The maximum absolute atomic E-state index is 2.49. The van der Waals surface area contributed by atoms with Crippen LogP contribution >= 0.6 is 0 Å². The minimum Gasteiger partial charge on any atom is -0.309 e. The van der Waals surface area contributed by atoms with Crippen molar-refractivity contribution in [3.05, 3.63) is 255 Å². The van der Waals surface area contributed by atoms with E-state index in [0.717, 1.165) is 22.6 Å². The van der Waals surface area contributed by atoms with Gasteiger partial charge >= 0.3 is 0 Å². The van der Waals surface area contributed by atoms with Gasteiger partial charge in [-0.1, -0.05) is 212 Å². The number of fused-ring (bicyclic) bond motifs is 3. The molecule has 0 aliphatic rings. The van der Waals surface area contributed by atoms with Crippen LogP contribution in [0.25, 0.3) is 104 Å². The number of hydrogen-bond acceptors (Lipinski definition) is 1. The molecule has 2 heteroatoms. The first kappa shape index (κ1) is 37.8. The molecule has 0 unspecified atom stereocenters. The molecule has 66 heavy (non-hydrogen) atoms. The molecule has 2 nitrogen and oxygen atoms in total. The summed E-state index contributed by atoms with van der Waals surface area (Å²) in [5.74, 6) is 0. The zero-order valence-electron chi connectivity index (χ0n) is 36.1. The van der Waals surface area contributed by atoms with Gasteiger partial charge in [0.25, 0.3) is 0 Å². The zero-order valence-corrected chi connectivity index (χ0v) is 36.1. The van der Waals surface area contributed by atoms with E-state index in [1.165, 1.54) is 98.8 Å². The summed E-state index contributed by atoms with van der Waals surface area (Å²) in [6.07, 6.45) is 0. The average Bonchev–Trinajstić information content (AvgIpc) is 3.73. The smallest absolute Gasteiger partial charge is 0.0541 e. The Hall–Kier alpha value is -8.72. The molecule has 13 aromatic rings. The fraction of sp³-hybridized carbons (Fsp3) is 0. The number of hydrogen-bond donors (Lipinski definition) is 0. The highest BCUT2D eigenvalue weighted by Gasteiger charge is 2.23. The Morgan fingerprint density at radius 2 is 0.712 bits per heavy atom. The van der Waals surface area contributed by atoms with Crippen LogP contribution in [0, 0.1) is 0 Å². The Morgan fingerprint density at radius 1 is 0.258 bits per heavy atom. The predicted octanol–water partition coefficient (Wildman–Crippen LogP) is 17.8. The Bertz CT molecular complexity index is 3850. The van der Waals surface area contributed by atoms with E-state index in [1.807, 2.05) is 0 Å². The van der Waals surface area contributed by atoms with Crippen molar-refractivity contribution in [3.63, 3.8) is 0 Å². The van der Waals surface area contributed by atoms with Crippen LogP contribution in [0.15, 0.2) is 255 Å². The minimum absolute atomic E-state index is 1.09. The first-order chi connectivity index (χ1) is 32.8. The molecule has 0 fully saturated rings. The van der Waals surface area contributed by atoms with Gasteiger partial charge < -0.3 is 9.47 Å². The van der Waals surface area contributed by atoms with Crippen molar-refractivity contribution in [1.82, 2.24) is 4.57 Å². The lowest BCUT2D eigenvalue weighted by Crippen LogP contribution is -2.12. The Kier molecular flexibility index (Phi) is 8.89. The van der Waals surface area contributed by atoms with Crippen molar-refractivity contribution in [2.24, 2.45) is 0 Å². The van der Waals surface area contributed by atoms with E-state index in [1.54, 1.807) is 0 Å². The van der Waals surface area contributed by atoms with Crippen LogP contribution in [0.4, 0.5) is 17.1 Å². The van der Waals surface area contributed by atoms with Crippen LogP contribution in [0.5, 0.6) is 0 Å². The van der Waals surface area contributed by atoms with Gasteiger partial charge in [-0.15, -0.1) is 0 Å². The van der Waals surface area contributed by atoms with E-state index in [9.17, 15) is 0 Å². The van der Waals surface area contributed by atoms with Crippen LogP contribution in [-0.2, 0) is 0 Å². The SMILES string of the molecule is c1ccc(-c2ccc(-c3ccc(N(c4ccccc4-c4ccccc4-c4ccccc4)c4ccc5ccc6c(-n7c8ccccc8c8ccccc87)ccc7ccc4c5c76)cc3)cc2)cc1. The monoisotopic (exact) mass is 838 g/mol. The molecule has 1 aromatic heterocycles. The number of aromatic nitrogens is 1. The summed E-state index contributed by atoms with van der Waals surface area (Å²) in [4.78, 5) is 2.49. The summed E-state index contributed by atoms with van der Waals surface area (Å²) in [7, 11) is 0. The van der Waals surface area contributed by atoms with Gasteiger partial charge in [-0.2, -0.15) is 0 Å². The van der Waals surface area contributed by atoms with Gasteiger partial charge in [-0.25, -0.2) is 0 Å². The van der Waals surface area contributed by atoms with Gasteiger partial charge in [-0.05, 0) is 103 Å². The normalized spacial score (nSPS) is 11.6. The second-order valence-electron chi connectivity index (χ2n) is 17.2. The summed E-state index contributed by atoms with van der Waals surface area (Å²) >= 11 is 0. The van der Waals surface area contributed by atoms with Crippen molar-refractivity contribution in [2.75, 3.05) is 4.90 Å². The van der Waals surface area contributed by atoms with Crippen molar-refractivity contribution in [3.8, 4) is 50.2 Å². The maximum atomic E-state index is 2.49. The third kappa shape index (κ3) is 6.11. The molecular formula is C64H42N2. The molecule has 13 rings (SSSR count). The van der Waals surface area contributed by atoms with Crippen molar-refractivity contribution >= 4 is 71.2 Å². The predicted molar refractivity (Wildman–Crippen MR) is 281 cm³/mol. The highest BCUT2D eigenvalue weighted by molar-refractivity contribution is 6.27. The molecule has 308 valence electrons. The molecule has 0 atom stereocenters. The van der Waals surface area contributed by atoms with E-state index in [-0.39, 0.29) is 0 Å². The molecule has 12 aromatic carbocycles. The Morgan fingerprint density at radius 3 is 1.36 bits per heavy atom. The van der Waals surface area contributed by atoms with Gasteiger partial charge in [0, 0.05) is 32.8 Å². The number of rotatable bonds is 8. The van der Waals surface area contributed by atoms with Crippen LogP contribution in [0.2, 0.25) is 0 Å². The molecule has 0 amide bonds. The van der Waals surface area contributed by atoms with Gasteiger partial charge in [0.1, 0.15) is 0 Å². The third-order valence-corrected chi connectivity index (χ3v) is 13.6. The first-order valence-corrected chi connectivity index (χ1v) is 22.8. The topological polar surface area (TPSA) is 8.17 Å². The summed E-state index contributed by atoms with van der Waals surface area (Å²) in [6, 6.07) is 93.3. The molecule has 1 heterocycles. The molecule has 0 saturated heterocycles. The summed E-state index contributed by atoms with van der Waals surface area (Å²) in [5, 5.41) is 9.98. The van der Waals surface area contributed by atoms with Crippen molar-refractivity contribution in [2.45, 2.75) is 0 Å². The van der Waals surface area contributed by atoms with E-state index in [4.69, 9.17) is 0 Å². The van der Waals surface area contributed by atoms with Gasteiger partial charge in [0.15, 0.2) is 0 Å². The highest BCUT2D eigenvalue weighted by atomic mass is 15.1. The van der Waals surface area contributed by atoms with Crippen molar-refractivity contribution < 1.29 is 0 Å². The number of para-hydroxylation sites is 3. The van der Waals surface area contributed by atoms with Crippen LogP contribution in [-0.4, -0.2) is 4.57 Å². The second-order valence-corrected chi connectivity index (χ2v) is 17.2. The fourth-order valence-corrected chi connectivity index (χ4v) is 10.5. The van der Waals surface area contributed by atoms with Gasteiger partial charge in [0.2, 0.25) is 0 Å². The Labute approximate surface area is 383 Å². The first-order valence-electron chi connectivity index (χ1n) is 22.8. The molecule has 0 bridgehead atoms.